The van der Waals surface area contributed by atoms with Crippen LogP contribution in [0.15, 0.2) is 12.2 Å². The molecular formula is C99H176N4O45. The van der Waals surface area contributed by atoms with Crippen molar-refractivity contribution in [1.29, 1.82) is 0 Å². The van der Waals surface area contributed by atoms with E-state index in [0.717, 1.165) is 78.6 Å². The Morgan fingerprint density at radius 2 is 0.716 bits per heavy atom. The van der Waals surface area contributed by atoms with Crippen LogP contribution >= 0.6 is 0 Å². The number of allylic oxidation sites excluding steroid dienone is 1. The number of hydrogen-bond donors (Lipinski definition) is 28. The van der Waals surface area contributed by atoms with Crippen molar-refractivity contribution < 1.29 is 222 Å². The number of nitrogens with one attached hydrogen (secondary N) is 4. The molecule has 0 aromatic heterocycles. The molecule has 4 amide bonds. The number of ether oxygens (including phenoxy) is 16. The number of hydrogen-bond acceptors (Lipinski definition) is 44. The average molecular weight is 2140 g/mol. The van der Waals surface area contributed by atoms with Crippen molar-refractivity contribution in [2.75, 3.05) is 52.9 Å². The standard InChI is InChI=1S/C99H176N4O45/c1-7-9-11-13-15-17-19-21-22-23-24-25-26-27-28-30-32-34-36-38-40-42-66(117)103-56(57(114)41-39-37-35-33-31-29-20-18-16-14-12-10-8-2)51-133-93-79(127)77(125)84(64(49-109)140-93)142-96-80(128)88(72(120)60(45-105)136-96)145-91-68(101-54(5)112)75(123)83(63(48-108)138-91)141-95-81(129)89(73(121)61(46-106)135-95)146-92-69(102-55(6)113)87(85(65(50-110)139-92)143-94-78(126)76(124)70(118)52(3)134-94)144-97-82(130)90(74(122)62(47-107)137-97)148-99(98(131)132)43-58(115)67(100-53(4)111)86(147-99)71(119)59(116)44-104/h39,41,52,56-65,67-97,104-110,114-116,118-130H,7-38,40,42-51H2,1-6H3,(H,100,111)(H,101,112)(H,102,113)(H,103,117)(H,131,132)/b41-39+/t52?,56-,57+,58?,59+,60?,61?,62?,63?,64?,65?,67+,68?,69?,70+,71+,72-,73-,74-,75+,76?,77+,78-,79?,80?,81?,82?,83+,84+,85+,86?,87+,88-,89-,90-,91-,92-,93+,94+,95-,96-,97-,99-/m0/s1. The Morgan fingerprint density at radius 3 is 1.15 bits per heavy atom. The van der Waals surface area contributed by atoms with Gasteiger partial charge in [0.2, 0.25) is 23.6 Å². The second-order valence-corrected chi connectivity index (χ2v) is 40.5. The van der Waals surface area contributed by atoms with E-state index in [1.165, 1.54) is 148 Å². The van der Waals surface area contributed by atoms with E-state index < -0.39 is 346 Å². The summed E-state index contributed by atoms with van der Waals surface area (Å²) in [6.07, 6.45) is -39.4. The molecule has 8 rings (SSSR count). The zero-order valence-corrected chi connectivity index (χ0v) is 86.1. The lowest BCUT2D eigenvalue weighted by Crippen LogP contribution is -2.72. The third kappa shape index (κ3) is 37.4. The summed E-state index contributed by atoms with van der Waals surface area (Å²) in [6.45, 7) is -0.227. The molecule has 148 heavy (non-hydrogen) atoms. The van der Waals surface area contributed by atoms with Crippen molar-refractivity contribution in [1.82, 2.24) is 21.3 Å². The van der Waals surface area contributed by atoms with Crippen molar-refractivity contribution in [3.05, 3.63) is 12.2 Å². The van der Waals surface area contributed by atoms with Gasteiger partial charge < -0.3 is 220 Å². The Kier molecular flexibility index (Phi) is 57.6. The van der Waals surface area contributed by atoms with Crippen LogP contribution < -0.4 is 21.3 Å². The fraction of sp³-hybridized carbons (Fsp3) is 0.929. The lowest BCUT2D eigenvalue weighted by Gasteiger charge is -2.52. The predicted octanol–water partition coefficient (Wildman–Crippen LogP) is -4.06. The molecule has 28 N–H and O–H groups in total. The molecule has 0 spiro atoms. The van der Waals surface area contributed by atoms with Gasteiger partial charge in [-0.05, 0) is 26.2 Å². The largest absolute Gasteiger partial charge is 0.477 e. The molecule has 0 bridgehead atoms. The van der Waals surface area contributed by atoms with Gasteiger partial charge in [-0.15, -0.1) is 0 Å². The lowest BCUT2D eigenvalue weighted by atomic mass is 9.88. The van der Waals surface area contributed by atoms with Gasteiger partial charge >= 0.3 is 5.97 Å². The minimum absolute atomic E-state index is 0.140. The van der Waals surface area contributed by atoms with E-state index in [1.54, 1.807) is 6.08 Å². The molecule has 43 atom stereocenters. The first-order valence-electron chi connectivity index (χ1n) is 53.5. The first-order valence-corrected chi connectivity index (χ1v) is 53.5. The Morgan fingerprint density at radius 1 is 0.365 bits per heavy atom. The summed E-state index contributed by atoms with van der Waals surface area (Å²) in [7, 11) is 0. The molecule has 8 aliphatic heterocycles. The molecule has 8 fully saturated rings. The third-order valence-corrected chi connectivity index (χ3v) is 28.8. The van der Waals surface area contributed by atoms with Gasteiger partial charge in [0.25, 0.3) is 5.79 Å². The van der Waals surface area contributed by atoms with Crippen LogP contribution in [0.1, 0.15) is 266 Å². The van der Waals surface area contributed by atoms with Crippen molar-refractivity contribution in [2.24, 2.45) is 0 Å². The number of aliphatic carboxylic acids is 1. The Hall–Kier alpha value is -4.47. The van der Waals surface area contributed by atoms with E-state index in [1.807, 2.05) is 6.08 Å². The van der Waals surface area contributed by atoms with E-state index in [0.29, 0.717) is 12.8 Å². The molecule has 8 heterocycles. The monoisotopic (exact) mass is 2140 g/mol. The summed E-state index contributed by atoms with van der Waals surface area (Å²) in [5.41, 5.74) is 0. The number of unbranched alkanes of at least 4 members (excludes halogenated alkanes) is 31. The first kappa shape index (κ1) is 129. The second-order valence-electron chi connectivity index (χ2n) is 40.5. The number of carbonyl (C=O) groups excluding carboxylic acids is 4. The highest BCUT2D eigenvalue weighted by molar-refractivity contribution is 5.77. The van der Waals surface area contributed by atoms with Crippen LogP contribution in [0.2, 0.25) is 0 Å². The summed E-state index contributed by atoms with van der Waals surface area (Å²) < 4.78 is 96.6. The van der Waals surface area contributed by atoms with Crippen LogP contribution in [0.3, 0.4) is 0 Å². The fourth-order valence-corrected chi connectivity index (χ4v) is 20.2. The molecule has 49 heteroatoms. The maximum absolute atomic E-state index is 13.7. The van der Waals surface area contributed by atoms with Gasteiger partial charge in [0, 0.05) is 33.6 Å². The van der Waals surface area contributed by atoms with Gasteiger partial charge in [-0.1, -0.05) is 219 Å². The van der Waals surface area contributed by atoms with Crippen LogP contribution in [0.5, 0.6) is 0 Å². The van der Waals surface area contributed by atoms with Gasteiger partial charge in [-0.3, -0.25) is 19.2 Å². The van der Waals surface area contributed by atoms with Crippen molar-refractivity contribution in [3.8, 4) is 0 Å². The van der Waals surface area contributed by atoms with Crippen molar-refractivity contribution >= 4 is 29.6 Å². The molecule has 0 aliphatic carbocycles. The number of carbonyl (C=O) groups is 5. The first-order chi connectivity index (χ1) is 70.8. The normalized spacial score (nSPS) is 37.7. The smallest absolute Gasteiger partial charge is 0.364 e. The zero-order chi connectivity index (χ0) is 109. The van der Waals surface area contributed by atoms with E-state index in [4.69, 9.17) is 75.8 Å². The summed E-state index contributed by atoms with van der Waals surface area (Å²) >= 11 is 0. The van der Waals surface area contributed by atoms with Crippen molar-refractivity contribution in [2.45, 2.75) is 529 Å². The maximum atomic E-state index is 13.7. The highest BCUT2D eigenvalue weighted by atomic mass is 16.8. The quantitative estimate of drug-likeness (QED) is 0.0203. The third-order valence-electron chi connectivity index (χ3n) is 28.8. The molecule has 0 radical (unpaired) electrons. The highest BCUT2D eigenvalue weighted by Gasteiger charge is 2.64. The summed E-state index contributed by atoms with van der Waals surface area (Å²) in [5, 5.41) is 283. The minimum Gasteiger partial charge on any atom is -0.477 e. The molecule has 0 aromatic rings. The van der Waals surface area contributed by atoms with Crippen LogP contribution in [0.4, 0.5) is 0 Å². The number of carboxylic acids is 1. The van der Waals surface area contributed by atoms with E-state index in [2.05, 4.69) is 35.1 Å². The van der Waals surface area contributed by atoms with Crippen LogP contribution in [-0.2, 0) is 99.8 Å². The van der Waals surface area contributed by atoms with Crippen molar-refractivity contribution in [3.63, 3.8) is 0 Å². The SMILES string of the molecule is CCCCCCCCCCCCC/C=C/[C@@H](O)[C@H](CO[C@@H]1OC(CO)[C@@H](O[C@@H]2OC(CO)[C@H](O)[C@H](O[C@@H]3OC(CO)[C@@H](O[C@@H]4OC(CO)[C@H](O)[C@H](O[C@@H]5OC(CO)[C@@H](O[C@H]6OC(C)[C@@H](O)C(O)[C@@H]6O)[C@H](O[C@@H]6OC(CO)[C@H](O)[C@H](O[C@]7(C(=O)O)CC(O)[C@@H](NC(C)=O)C([C@H](O)[C@H](O)CO)O7)C6O)C5NC(C)=O)C4O)[C@H](O)C3NC(C)=O)C2O)[C@H](O)C1O)NC(=O)CCCCCCCCCCCCCCCCCCCCCCC. The van der Waals surface area contributed by atoms with E-state index in [9.17, 15) is 147 Å². The second kappa shape index (κ2) is 66.3. The van der Waals surface area contributed by atoms with Gasteiger partial charge in [0.15, 0.2) is 44.0 Å². The van der Waals surface area contributed by atoms with Crippen LogP contribution in [0.25, 0.3) is 0 Å². The molecule has 0 aromatic carbocycles. The Bertz CT molecular complexity index is 3740. The number of carboxylic acid groups (broad SMARTS) is 1. The summed E-state index contributed by atoms with van der Waals surface area (Å²) in [6, 6.07) is -7.00. The van der Waals surface area contributed by atoms with Crippen LogP contribution in [0, 0.1) is 0 Å². The summed E-state index contributed by atoms with van der Waals surface area (Å²) in [5.74, 6) is -8.80. The molecule has 8 aliphatic rings. The van der Waals surface area contributed by atoms with Gasteiger partial charge in [-0.2, -0.15) is 0 Å². The molecule has 0 saturated carbocycles. The van der Waals surface area contributed by atoms with E-state index in [-0.39, 0.29) is 12.3 Å². The minimum atomic E-state index is -3.36. The van der Waals surface area contributed by atoms with E-state index >= 15 is 0 Å². The highest BCUT2D eigenvalue weighted by Crippen LogP contribution is 2.43. The van der Waals surface area contributed by atoms with Crippen LogP contribution in [-0.4, -0.2) is 468 Å². The molecule has 862 valence electrons. The predicted molar refractivity (Wildman–Crippen MR) is 514 cm³/mol. The molecule has 49 nitrogen and oxygen atoms in total. The summed E-state index contributed by atoms with van der Waals surface area (Å²) in [4.78, 5) is 66.5. The van der Waals surface area contributed by atoms with Gasteiger partial charge in [0.1, 0.15) is 183 Å². The topological polar surface area (TPSA) is 767 Å². The van der Waals surface area contributed by atoms with Gasteiger partial charge in [-0.25, -0.2) is 4.79 Å². The number of aliphatic hydroxyl groups is 23. The molecular weight excluding hydrogens is 1970 g/mol. The average Bonchev–Trinajstić information content (AvgIpc) is 0.746. The Labute approximate surface area is 864 Å². The number of aliphatic hydroxyl groups excluding tert-OH is 23. The Balaban J connectivity index is 0.952. The van der Waals surface area contributed by atoms with Gasteiger partial charge in [0.05, 0.1) is 83.3 Å². The lowest BCUT2D eigenvalue weighted by molar-refractivity contribution is -0.399. The maximum Gasteiger partial charge on any atom is 0.364 e. The molecule has 16 unspecified atom stereocenters. The zero-order valence-electron chi connectivity index (χ0n) is 86.1. The number of rotatable bonds is 67. The fourth-order valence-electron chi connectivity index (χ4n) is 20.2. The molecule has 8 saturated heterocycles. The number of amides is 4.